The summed E-state index contributed by atoms with van der Waals surface area (Å²) in [4.78, 5) is 2.23. The van der Waals surface area contributed by atoms with E-state index in [0.717, 1.165) is 19.6 Å². The van der Waals surface area contributed by atoms with Crippen LogP contribution in [0.4, 0.5) is 0 Å². The Labute approximate surface area is 64.6 Å². The van der Waals surface area contributed by atoms with Gasteiger partial charge in [0.2, 0.25) is 0 Å². The number of nitrogens with two attached hydrogens (primary N) is 1. The van der Waals surface area contributed by atoms with E-state index in [1.165, 1.54) is 4.43 Å². The fraction of sp³-hybridized carbons (Fsp3) is 1.00. The molecule has 0 heterocycles. The van der Waals surface area contributed by atoms with E-state index < -0.39 is 0 Å². The molecule has 0 saturated heterocycles. The second kappa shape index (κ2) is 5.78. The van der Waals surface area contributed by atoms with E-state index in [1.54, 1.807) is 0 Å². The molecule has 3 heteroatoms. The van der Waals surface area contributed by atoms with Crippen LogP contribution in [0, 0.1) is 0 Å². The third-order valence-corrected chi connectivity index (χ3v) is 1.46. The van der Waals surface area contributed by atoms with E-state index in [0.29, 0.717) is 0 Å². The Bertz CT molecular complexity index is 43.7. The number of nitrogens with zero attached hydrogens (tertiary/aromatic N) is 1. The highest BCUT2D eigenvalue weighted by atomic mass is 127. The van der Waals surface area contributed by atoms with Crippen LogP contribution in [-0.4, -0.2) is 36.0 Å². The Hall–Kier alpha value is 0.650. The molecule has 8 heavy (non-hydrogen) atoms. The maximum Gasteiger partial charge on any atom is 0.0123 e. The number of alkyl halides is 1. The predicted octanol–water partition coefficient (Wildman–Crippen LogP) is 0.312. The number of halogens is 1. The first-order valence-corrected chi connectivity index (χ1v) is 4.28. The zero-order valence-electron chi connectivity index (χ0n) is 5.23. The van der Waals surface area contributed by atoms with Crippen LogP contribution in [-0.2, 0) is 0 Å². The van der Waals surface area contributed by atoms with Crippen molar-refractivity contribution in [2.24, 2.45) is 5.73 Å². The molecule has 0 aliphatic rings. The largest absolute Gasteiger partial charge is 0.329 e. The first kappa shape index (κ1) is 8.65. The van der Waals surface area contributed by atoms with E-state index >= 15 is 0 Å². The van der Waals surface area contributed by atoms with Gasteiger partial charge in [0.15, 0.2) is 0 Å². The molecule has 0 amide bonds. The monoisotopic (exact) mass is 228 g/mol. The number of hydrogen-bond donors (Lipinski definition) is 1. The van der Waals surface area contributed by atoms with Gasteiger partial charge in [-0.2, -0.15) is 0 Å². The summed E-state index contributed by atoms with van der Waals surface area (Å²) in [5.41, 5.74) is 5.32. The molecule has 0 unspecified atom stereocenters. The normalized spacial score (nSPS) is 10.5. The van der Waals surface area contributed by atoms with Gasteiger partial charge < -0.3 is 10.6 Å². The third kappa shape index (κ3) is 4.80. The van der Waals surface area contributed by atoms with Crippen molar-refractivity contribution in [2.75, 3.05) is 31.1 Å². The van der Waals surface area contributed by atoms with E-state index in [9.17, 15) is 0 Å². The van der Waals surface area contributed by atoms with Gasteiger partial charge >= 0.3 is 0 Å². The van der Waals surface area contributed by atoms with Gasteiger partial charge in [0.1, 0.15) is 0 Å². The Kier molecular flexibility index (Phi) is 6.25. The third-order valence-electron chi connectivity index (χ3n) is 0.977. The van der Waals surface area contributed by atoms with Crippen LogP contribution < -0.4 is 5.73 Å². The molecule has 0 saturated carbocycles. The molecule has 0 atom stereocenters. The molecule has 2 N–H and O–H groups in total. The smallest absolute Gasteiger partial charge is 0.0123 e. The number of rotatable bonds is 4. The Morgan fingerprint density at radius 2 is 2.12 bits per heavy atom. The van der Waals surface area contributed by atoms with E-state index in [2.05, 4.69) is 34.5 Å². The van der Waals surface area contributed by atoms with Crippen LogP contribution in [0.5, 0.6) is 0 Å². The molecule has 0 aliphatic heterocycles. The Morgan fingerprint density at radius 3 is 2.50 bits per heavy atom. The van der Waals surface area contributed by atoms with Crippen LogP contribution in [0.2, 0.25) is 0 Å². The predicted molar refractivity (Wildman–Crippen MR) is 45.4 cm³/mol. The maximum atomic E-state index is 5.32. The summed E-state index contributed by atoms with van der Waals surface area (Å²) in [6.07, 6.45) is 0. The fourth-order valence-electron chi connectivity index (χ4n) is 0.476. The first-order valence-electron chi connectivity index (χ1n) is 2.76. The van der Waals surface area contributed by atoms with Crippen molar-refractivity contribution >= 4 is 22.6 Å². The van der Waals surface area contributed by atoms with Crippen LogP contribution in [0.25, 0.3) is 0 Å². The summed E-state index contributed by atoms with van der Waals surface area (Å²) in [6, 6.07) is 0. The molecular formula is C5H13IN2. The summed E-state index contributed by atoms with van der Waals surface area (Å²) >= 11 is 2.36. The molecule has 0 aliphatic carbocycles. The van der Waals surface area contributed by atoms with Crippen molar-refractivity contribution in [3.8, 4) is 0 Å². The van der Waals surface area contributed by atoms with Crippen molar-refractivity contribution in [3.63, 3.8) is 0 Å². The molecule has 0 aromatic rings. The Balaban J connectivity index is 2.92. The minimum atomic E-state index is 0.771. The van der Waals surface area contributed by atoms with Crippen molar-refractivity contribution < 1.29 is 0 Å². The van der Waals surface area contributed by atoms with Crippen molar-refractivity contribution in [2.45, 2.75) is 0 Å². The summed E-state index contributed by atoms with van der Waals surface area (Å²) in [5, 5.41) is 0. The van der Waals surface area contributed by atoms with Crippen molar-refractivity contribution in [1.82, 2.24) is 4.90 Å². The topological polar surface area (TPSA) is 29.3 Å². The molecule has 0 rings (SSSR count). The molecule has 0 bridgehead atoms. The average Bonchev–Trinajstić information content (AvgIpc) is 1.68. The molecule has 2 nitrogen and oxygen atoms in total. The summed E-state index contributed by atoms with van der Waals surface area (Å²) in [5.74, 6) is 0. The first-order chi connectivity index (χ1) is 3.81. The lowest BCUT2D eigenvalue weighted by atomic mass is 10.5. The zero-order chi connectivity index (χ0) is 6.41. The lowest BCUT2D eigenvalue weighted by Gasteiger charge is -2.11. The fourth-order valence-corrected chi connectivity index (χ4v) is 1.30. The molecule has 0 radical (unpaired) electrons. The van der Waals surface area contributed by atoms with Gasteiger partial charge in [-0.15, -0.1) is 0 Å². The van der Waals surface area contributed by atoms with Crippen molar-refractivity contribution in [3.05, 3.63) is 0 Å². The minimum Gasteiger partial charge on any atom is -0.329 e. The minimum absolute atomic E-state index is 0.771. The van der Waals surface area contributed by atoms with Gasteiger partial charge in [-0.25, -0.2) is 0 Å². The van der Waals surface area contributed by atoms with Gasteiger partial charge in [0.25, 0.3) is 0 Å². The van der Waals surface area contributed by atoms with Crippen LogP contribution >= 0.6 is 22.6 Å². The maximum absolute atomic E-state index is 5.32. The Morgan fingerprint density at radius 1 is 1.50 bits per heavy atom. The van der Waals surface area contributed by atoms with Gasteiger partial charge in [0.05, 0.1) is 0 Å². The number of hydrogen-bond acceptors (Lipinski definition) is 2. The SMILES string of the molecule is CN(CCN)CCI. The number of likely N-dealkylation sites (N-methyl/N-ethyl adjacent to an activating group) is 1. The quantitative estimate of drug-likeness (QED) is 0.554. The molecule has 0 fully saturated rings. The lowest BCUT2D eigenvalue weighted by Crippen LogP contribution is -2.26. The van der Waals surface area contributed by atoms with E-state index in [4.69, 9.17) is 5.73 Å². The van der Waals surface area contributed by atoms with Gasteiger partial charge in [-0.1, -0.05) is 22.6 Å². The highest BCUT2D eigenvalue weighted by Gasteiger charge is 1.91. The zero-order valence-corrected chi connectivity index (χ0v) is 7.39. The molecular weight excluding hydrogens is 215 g/mol. The lowest BCUT2D eigenvalue weighted by molar-refractivity contribution is 0.368. The van der Waals surface area contributed by atoms with E-state index in [-0.39, 0.29) is 0 Å². The summed E-state index contributed by atoms with van der Waals surface area (Å²) in [7, 11) is 2.09. The van der Waals surface area contributed by atoms with Gasteiger partial charge in [0, 0.05) is 24.1 Å². The average molecular weight is 228 g/mol. The summed E-state index contributed by atoms with van der Waals surface area (Å²) in [6.45, 7) is 2.94. The molecule has 0 aromatic carbocycles. The van der Waals surface area contributed by atoms with Crippen molar-refractivity contribution in [1.29, 1.82) is 0 Å². The molecule has 50 valence electrons. The molecule has 0 spiro atoms. The second-order valence-electron chi connectivity index (χ2n) is 1.78. The van der Waals surface area contributed by atoms with Crippen LogP contribution in [0.15, 0.2) is 0 Å². The summed E-state index contributed by atoms with van der Waals surface area (Å²) < 4.78 is 1.19. The van der Waals surface area contributed by atoms with Gasteiger partial charge in [-0.05, 0) is 7.05 Å². The van der Waals surface area contributed by atoms with Gasteiger partial charge in [-0.3, -0.25) is 0 Å². The highest BCUT2D eigenvalue weighted by Crippen LogP contribution is 1.84. The highest BCUT2D eigenvalue weighted by molar-refractivity contribution is 14.1. The second-order valence-corrected chi connectivity index (χ2v) is 2.86. The molecule has 0 aromatic heterocycles. The van der Waals surface area contributed by atoms with E-state index in [1.807, 2.05) is 0 Å². The standard InChI is InChI=1S/C5H13IN2/c1-8(4-2-6)5-3-7/h2-5,7H2,1H3. The van der Waals surface area contributed by atoms with Crippen LogP contribution in [0.3, 0.4) is 0 Å². The van der Waals surface area contributed by atoms with Crippen LogP contribution in [0.1, 0.15) is 0 Å².